The van der Waals surface area contributed by atoms with Crippen LogP contribution in [-0.2, 0) is 4.79 Å². The maximum Gasteiger partial charge on any atom is 0.253 e. The zero-order valence-electron chi connectivity index (χ0n) is 13.1. The van der Waals surface area contributed by atoms with Crippen LogP contribution >= 0.6 is 23.2 Å². The van der Waals surface area contributed by atoms with Gasteiger partial charge in [0.15, 0.2) is 0 Å². The van der Waals surface area contributed by atoms with Crippen LogP contribution in [-0.4, -0.2) is 24.4 Å². The van der Waals surface area contributed by atoms with Crippen molar-refractivity contribution in [3.8, 4) is 0 Å². The second-order valence-electron chi connectivity index (χ2n) is 5.57. The van der Waals surface area contributed by atoms with Crippen LogP contribution in [0, 0.1) is 5.92 Å². The highest BCUT2D eigenvalue weighted by Crippen LogP contribution is 2.21. The van der Waals surface area contributed by atoms with Crippen molar-refractivity contribution in [1.29, 1.82) is 0 Å². The van der Waals surface area contributed by atoms with Crippen LogP contribution in [0.2, 0.25) is 10.0 Å². The molecular formula is C16H22Cl2N2O2. The minimum Gasteiger partial charge on any atom is -0.354 e. The predicted octanol–water partition coefficient (Wildman–Crippen LogP) is 3.66. The van der Waals surface area contributed by atoms with Crippen LogP contribution in [0.4, 0.5) is 0 Å². The lowest BCUT2D eigenvalue weighted by atomic mass is 10.0. The number of carbonyl (C=O) groups is 2. The van der Waals surface area contributed by atoms with Crippen molar-refractivity contribution in [2.45, 2.75) is 39.7 Å². The number of rotatable bonds is 7. The van der Waals surface area contributed by atoms with E-state index in [2.05, 4.69) is 10.6 Å². The molecule has 0 bridgehead atoms. The highest BCUT2D eigenvalue weighted by molar-refractivity contribution is 6.36. The molecule has 0 radical (unpaired) electrons. The van der Waals surface area contributed by atoms with Crippen LogP contribution in [0.1, 0.15) is 44.0 Å². The Morgan fingerprint density at radius 3 is 2.45 bits per heavy atom. The summed E-state index contributed by atoms with van der Waals surface area (Å²) in [4.78, 5) is 24.5. The van der Waals surface area contributed by atoms with Crippen molar-refractivity contribution in [2.75, 3.05) is 6.54 Å². The zero-order chi connectivity index (χ0) is 16.7. The van der Waals surface area contributed by atoms with E-state index in [1.807, 2.05) is 20.8 Å². The van der Waals surface area contributed by atoms with Crippen molar-refractivity contribution in [2.24, 2.45) is 5.92 Å². The van der Waals surface area contributed by atoms with Gasteiger partial charge in [-0.25, -0.2) is 0 Å². The highest BCUT2D eigenvalue weighted by atomic mass is 35.5. The summed E-state index contributed by atoms with van der Waals surface area (Å²) in [6.07, 6.45) is 1.41. The van der Waals surface area contributed by atoms with E-state index < -0.39 is 6.04 Å². The van der Waals surface area contributed by atoms with E-state index in [1.165, 1.54) is 6.07 Å². The molecule has 0 heterocycles. The van der Waals surface area contributed by atoms with Crippen LogP contribution in [0.25, 0.3) is 0 Å². The molecule has 0 aromatic heterocycles. The molecule has 0 aliphatic carbocycles. The zero-order valence-corrected chi connectivity index (χ0v) is 14.6. The lowest BCUT2D eigenvalue weighted by molar-refractivity contribution is -0.123. The van der Waals surface area contributed by atoms with E-state index in [1.54, 1.807) is 12.1 Å². The predicted molar refractivity (Wildman–Crippen MR) is 90.5 cm³/mol. The topological polar surface area (TPSA) is 58.2 Å². The van der Waals surface area contributed by atoms with Crippen molar-refractivity contribution in [3.63, 3.8) is 0 Å². The van der Waals surface area contributed by atoms with E-state index in [0.717, 1.165) is 6.42 Å². The van der Waals surface area contributed by atoms with Crippen LogP contribution in [0.3, 0.4) is 0 Å². The molecule has 1 atom stereocenters. The summed E-state index contributed by atoms with van der Waals surface area (Å²) in [6.45, 7) is 6.57. The Bertz CT molecular complexity index is 533. The van der Waals surface area contributed by atoms with Crippen molar-refractivity contribution in [1.82, 2.24) is 10.6 Å². The van der Waals surface area contributed by atoms with Gasteiger partial charge in [-0.15, -0.1) is 0 Å². The number of amides is 2. The number of hydrogen-bond acceptors (Lipinski definition) is 2. The normalized spacial score (nSPS) is 12.1. The molecular weight excluding hydrogens is 323 g/mol. The number of nitrogens with one attached hydrogen (secondary N) is 2. The van der Waals surface area contributed by atoms with Crippen LogP contribution in [0.5, 0.6) is 0 Å². The van der Waals surface area contributed by atoms with Crippen LogP contribution in [0.15, 0.2) is 18.2 Å². The summed E-state index contributed by atoms with van der Waals surface area (Å²) in [5.41, 5.74) is 0.308. The molecule has 6 heteroatoms. The first-order valence-electron chi connectivity index (χ1n) is 7.38. The van der Waals surface area contributed by atoms with Crippen molar-refractivity contribution in [3.05, 3.63) is 33.8 Å². The molecule has 0 saturated carbocycles. The largest absolute Gasteiger partial charge is 0.354 e. The summed E-state index contributed by atoms with van der Waals surface area (Å²) >= 11 is 11.9. The third kappa shape index (κ3) is 5.85. The van der Waals surface area contributed by atoms with Gasteiger partial charge in [0.05, 0.1) is 10.6 Å². The van der Waals surface area contributed by atoms with E-state index in [9.17, 15) is 9.59 Å². The molecule has 1 aromatic carbocycles. The summed E-state index contributed by atoms with van der Waals surface area (Å²) < 4.78 is 0. The average Bonchev–Trinajstić information content (AvgIpc) is 2.43. The van der Waals surface area contributed by atoms with Crippen molar-refractivity contribution < 1.29 is 9.59 Å². The average molecular weight is 345 g/mol. The van der Waals surface area contributed by atoms with Gasteiger partial charge in [0, 0.05) is 11.6 Å². The molecule has 0 aliphatic heterocycles. The first-order chi connectivity index (χ1) is 10.3. The fraction of sp³-hybridized carbons (Fsp3) is 0.500. The Balaban J connectivity index is 2.83. The highest BCUT2D eigenvalue weighted by Gasteiger charge is 2.23. The lowest BCUT2D eigenvalue weighted by Crippen LogP contribution is -2.47. The fourth-order valence-corrected chi connectivity index (χ4v) is 2.48. The van der Waals surface area contributed by atoms with Gasteiger partial charge in [-0.05, 0) is 37.0 Å². The summed E-state index contributed by atoms with van der Waals surface area (Å²) in [5, 5.41) is 6.29. The molecule has 122 valence electrons. The molecule has 22 heavy (non-hydrogen) atoms. The van der Waals surface area contributed by atoms with Gasteiger partial charge in [-0.2, -0.15) is 0 Å². The Labute approximate surface area is 141 Å². The molecule has 1 rings (SSSR count). The van der Waals surface area contributed by atoms with E-state index >= 15 is 0 Å². The first kappa shape index (κ1) is 18.8. The quantitative estimate of drug-likeness (QED) is 0.792. The van der Waals surface area contributed by atoms with Gasteiger partial charge in [0.1, 0.15) is 6.04 Å². The Hall–Kier alpha value is -1.26. The molecule has 0 aliphatic rings. The summed E-state index contributed by atoms with van der Waals surface area (Å²) in [7, 11) is 0. The third-order valence-corrected chi connectivity index (χ3v) is 3.60. The molecule has 1 unspecified atom stereocenters. The summed E-state index contributed by atoms with van der Waals surface area (Å²) in [6, 6.07) is 4.07. The van der Waals surface area contributed by atoms with Gasteiger partial charge in [0.25, 0.3) is 5.91 Å². The standard InChI is InChI=1S/C16H22Cl2N2O2/c1-4-7-19-16(22)14(8-10(2)3)20-15(21)12-6-5-11(17)9-13(12)18/h5-6,9-10,14H,4,7-8H2,1-3H3,(H,19,22)(H,20,21). The van der Waals surface area contributed by atoms with Gasteiger partial charge in [-0.3, -0.25) is 9.59 Å². The first-order valence-corrected chi connectivity index (χ1v) is 8.14. The van der Waals surface area contributed by atoms with Gasteiger partial charge in [0.2, 0.25) is 5.91 Å². The van der Waals surface area contributed by atoms with E-state index in [0.29, 0.717) is 23.6 Å². The number of halogens is 2. The van der Waals surface area contributed by atoms with E-state index in [4.69, 9.17) is 23.2 Å². The third-order valence-electron chi connectivity index (χ3n) is 3.05. The Morgan fingerprint density at radius 1 is 1.23 bits per heavy atom. The Kier molecular flexibility index (Phi) is 7.69. The molecule has 0 spiro atoms. The lowest BCUT2D eigenvalue weighted by Gasteiger charge is -2.20. The maximum absolute atomic E-state index is 12.3. The van der Waals surface area contributed by atoms with Gasteiger partial charge >= 0.3 is 0 Å². The molecule has 1 aromatic rings. The maximum atomic E-state index is 12.3. The summed E-state index contributed by atoms with van der Waals surface area (Å²) in [5.74, 6) is -0.272. The van der Waals surface area contributed by atoms with Gasteiger partial charge in [-0.1, -0.05) is 44.0 Å². The minimum absolute atomic E-state index is 0.172. The SMILES string of the molecule is CCCNC(=O)C(CC(C)C)NC(=O)c1ccc(Cl)cc1Cl. The molecule has 4 nitrogen and oxygen atoms in total. The van der Waals surface area contributed by atoms with Crippen LogP contribution < -0.4 is 10.6 Å². The minimum atomic E-state index is -0.578. The molecule has 0 saturated heterocycles. The fourth-order valence-electron chi connectivity index (χ4n) is 1.98. The van der Waals surface area contributed by atoms with Crippen molar-refractivity contribution >= 4 is 35.0 Å². The number of hydrogen-bond donors (Lipinski definition) is 2. The Morgan fingerprint density at radius 2 is 1.91 bits per heavy atom. The van der Waals surface area contributed by atoms with E-state index in [-0.39, 0.29) is 22.8 Å². The number of benzene rings is 1. The molecule has 0 fully saturated rings. The molecule has 2 N–H and O–H groups in total. The monoisotopic (exact) mass is 344 g/mol. The second kappa shape index (κ2) is 9.01. The smallest absolute Gasteiger partial charge is 0.253 e. The second-order valence-corrected chi connectivity index (χ2v) is 6.41. The number of carbonyl (C=O) groups excluding carboxylic acids is 2. The molecule has 2 amide bonds. The van der Waals surface area contributed by atoms with Gasteiger partial charge < -0.3 is 10.6 Å².